The van der Waals surface area contributed by atoms with Crippen molar-refractivity contribution in [3.05, 3.63) is 54.4 Å². The normalized spacial score (nSPS) is 13.1. The zero-order valence-corrected chi connectivity index (χ0v) is 10.9. The summed E-state index contributed by atoms with van der Waals surface area (Å²) in [6.45, 7) is 1.81. The lowest BCUT2D eigenvalue weighted by atomic mass is 9.98. The highest BCUT2D eigenvalue weighted by atomic mass is 16.5. The summed E-state index contributed by atoms with van der Waals surface area (Å²) in [5, 5.41) is 12.6. The quantitative estimate of drug-likeness (QED) is 0.910. The predicted molar refractivity (Wildman–Crippen MR) is 73.8 cm³/mol. The summed E-state index contributed by atoms with van der Waals surface area (Å²) in [5.41, 5.74) is 0.666. The van der Waals surface area contributed by atoms with E-state index in [0.29, 0.717) is 5.69 Å². The number of rotatable bonds is 4. The summed E-state index contributed by atoms with van der Waals surface area (Å²) >= 11 is 0. The van der Waals surface area contributed by atoms with Crippen LogP contribution in [0.15, 0.2) is 48.7 Å². The molecule has 0 aliphatic carbocycles. The minimum Gasteiger partial charge on any atom is -0.497 e. The van der Waals surface area contributed by atoms with Gasteiger partial charge in [0.05, 0.1) is 18.9 Å². The summed E-state index contributed by atoms with van der Waals surface area (Å²) in [6.07, 6.45) is 1.68. The topological polar surface area (TPSA) is 57.9 Å². The van der Waals surface area contributed by atoms with Crippen LogP contribution in [0.4, 0.5) is 5.69 Å². The lowest BCUT2D eigenvalue weighted by molar-refractivity contribution is 0.415. The van der Waals surface area contributed by atoms with Gasteiger partial charge in [0.2, 0.25) is 0 Å². The lowest BCUT2D eigenvalue weighted by Crippen LogP contribution is -2.30. The lowest BCUT2D eigenvalue weighted by Gasteiger charge is -2.23. The van der Waals surface area contributed by atoms with Crippen molar-refractivity contribution < 1.29 is 4.74 Å². The van der Waals surface area contributed by atoms with Crippen molar-refractivity contribution in [1.29, 1.82) is 5.26 Å². The summed E-state index contributed by atoms with van der Waals surface area (Å²) in [5.74, 6) is 0.780. The number of nitriles is 1. The van der Waals surface area contributed by atoms with E-state index in [1.54, 1.807) is 20.2 Å². The molecular weight excluding hydrogens is 238 g/mol. The molecule has 1 unspecified atom stereocenters. The molecule has 4 nitrogen and oxygen atoms in total. The third kappa shape index (κ3) is 2.83. The maximum atomic E-state index is 9.42. The molecule has 2 aromatic rings. The zero-order valence-electron chi connectivity index (χ0n) is 10.9. The molecule has 4 heteroatoms. The molecule has 0 spiro atoms. The Morgan fingerprint density at radius 1 is 1.21 bits per heavy atom. The molecular formula is C15H15N3O. The molecule has 0 aliphatic rings. The third-order valence-electron chi connectivity index (χ3n) is 2.89. The van der Waals surface area contributed by atoms with Gasteiger partial charge in [0.15, 0.2) is 5.54 Å². The summed E-state index contributed by atoms with van der Waals surface area (Å²) in [7, 11) is 1.62. The average Bonchev–Trinajstić information content (AvgIpc) is 2.49. The minimum atomic E-state index is -0.865. The van der Waals surface area contributed by atoms with E-state index in [-0.39, 0.29) is 0 Å². The van der Waals surface area contributed by atoms with E-state index in [4.69, 9.17) is 4.74 Å². The van der Waals surface area contributed by atoms with Crippen molar-refractivity contribution in [2.24, 2.45) is 0 Å². The van der Waals surface area contributed by atoms with Gasteiger partial charge in [-0.3, -0.25) is 4.98 Å². The molecule has 1 N–H and O–H groups in total. The Morgan fingerprint density at radius 3 is 2.47 bits per heavy atom. The van der Waals surface area contributed by atoms with Gasteiger partial charge in [-0.25, -0.2) is 0 Å². The van der Waals surface area contributed by atoms with Gasteiger partial charge in [0, 0.05) is 11.9 Å². The standard InChI is InChI=1S/C15H15N3O/c1-15(11-16,14-5-3-4-10-17-14)18-12-6-8-13(19-2)9-7-12/h3-10,18H,1-2H3. The van der Waals surface area contributed by atoms with E-state index >= 15 is 0 Å². The number of anilines is 1. The van der Waals surface area contributed by atoms with Gasteiger partial charge >= 0.3 is 0 Å². The molecule has 0 amide bonds. The first-order chi connectivity index (χ1) is 9.18. The van der Waals surface area contributed by atoms with Gasteiger partial charge in [-0.05, 0) is 43.3 Å². The van der Waals surface area contributed by atoms with Crippen LogP contribution in [0.3, 0.4) is 0 Å². The number of pyridine rings is 1. The van der Waals surface area contributed by atoms with Crippen molar-refractivity contribution >= 4 is 5.69 Å². The second-order valence-electron chi connectivity index (χ2n) is 4.31. The van der Waals surface area contributed by atoms with Gasteiger partial charge in [-0.1, -0.05) is 6.07 Å². The highest BCUT2D eigenvalue weighted by Crippen LogP contribution is 2.25. The van der Waals surface area contributed by atoms with Crippen molar-refractivity contribution in [3.63, 3.8) is 0 Å². The van der Waals surface area contributed by atoms with Crippen LogP contribution in [-0.4, -0.2) is 12.1 Å². The summed E-state index contributed by atoms with van der Waals surface area (Å²) in [4.78, 5) is 4.24. The number of methoxy groups -OCH3 is 1. The van der Waals surface area contributed by atoms with Crippen LogP contribution in [0.2, 0.25) is 0 Å². The number of aromatic nitrogens is 1. The molecule has 1 aromatic heterocycles. The molecule has 0 saturated heterocycles. The van der Waals surface area contributed by atoms with E-state index in [0.717, 1.165) is 11.4 Å². The molecule has 0 aliphatic heterocycles. The minimum absolute atomic E-state index is 0.688. The fourth-order valence-corrected chi connectivity index (χ4v) is 1.77. The van der Waals surface area contributed by atoms with E-state index in [9.17, 15) is 5.26 Å². The Bertz CT molecular complexity index is 575. The smallest absolute Gasteiger partial charge is 0.165 e. The van der Waals surface area contributed by atoms with E-state index in [1.165, 1.54) is 0 Å². The van der Waals surface area contributed by atoms with Crippen molar-refractivity contribution in [1.82, 2.24) is 4.98 Å². The molecule has 2 rings (SSSR count). The number of hydrogen-bond acceptors (Lipinski definition) is 4. The molecule has 96 valence electrons. The molecule has 19 heavy (non-hydrogen) atoms. The molecule has 1 aromatic carbocycles. The van der Waals surface area contributed by atoms with Crippen LogP contribution in [-0.2, 0) is 5.54 Å². The SMILES string of the molecule is COc1ccc(NC(C)(C#N)c2ccccn2)cc1. The fraction of sp³-hybridized carbons (Fsp3) is 0.200. The van der Waals surface area contributed by atoms with Gasteiger partial charge in [0.1, 0.15) is 5.75 Å². The van der Waals surface area contributed by atoms with Crippen molar-refractivity contribution in [2.75, 3.05) is 12.4 Å². The Hall–Kier alpha value is -2.54. The largest absolute Gasteiger partial charge is 0.497 e. The molecule has 0 bridgehead atoms. The molecule has 1 atom stereocenters. The van der Waals surface area contributed by atoms with Gasteiger partial charge < -0.3 is 10.1 Å². The highest BCUT2D eigenvalue weighted by Gasteiger charge is 2.27. The van der Waals surface area contributed by atoms with Gasteiger partial charge in [-0.2, -0.15) is 5.26 Å². The third-order valence-corrected chi connectivity index (χ3v) is 2.89. The molecule has 1 heterocycles. The number of benzene rings is 1. The predicted octanol–water partition coefficient (Wildman–Crippen LogP) is 2.94. The Balaban J connectivity index is 2.26. The van der Waals surface area contributed by atoms with E-state index in [1.807, 2.05) is 42.5 Å². The van der Waals surface area contributed by atoms with Crippen LogP contribution in [0.5, 0.6) is 5.75 Å². The van der Waals surface area contributed by atoms with E-state index in [2.05, 4.69) is 16.4 Å². The van der Waals surface area contributed by atoms with Crippen LogP contribution in [0.1, 0.15) is 12.6 Å². The van der Waals surface area contributed by atoms with Crippen LogP contribution in [0, 0.1) is 11.3 Å². The molecule has 0 saturated carbocycles. The van der Waals surface area contributed by atoms with Crippen LogP contribution >= 0.6 is 0 Å². The Morgan fingerprint density at radius 2 is 1.95 bits per heavy atom. The van der Waals surface area contributed by atoms with Crippen molar-refractivity contribution in [2.45, 2.75) is 12.5 Å². The number of nitrogens with one attached hydrogen (secondary N) is 1. The fourth-order valence-electron chi connectivity index (χ4n) is 1.77. The monoisotopic (exact) mass is 253 g/mol. The van der Waals surface area contributed by atoms with Gasteiger partial charge in [-0.15, -0.1) is 0 Å². The first kappa shape index (κ1) is 12.9. The molecule has 0 radical (unpaired) electrons. The average molecular weight is 253 g/mol. The zero-order chi connectivity index (χ0) is 13.7. The van der Waals surface area contributed by atoms with Gasteiger partial charge in [0.25, 0.3) is 0 Å². The van der Waals surface area contributed by atoms with Crippen molar-refractivity contribution in [3.8, 4) is 11.8 Å². The van der Waals surface area contributed by atoms with Crippen LogP contribution in [0.25, 0.3) is 0 Å². The highest BCUT2D eigenvalue weighted by molar-refractivity contribution is 5.51. The second-order valence-corrected chi connectivity index (χ2v) is 4.31. The first-order valence-corrected chi connectivity index (χ1v) is 5.93. The first-order valence-electron chi connectivity index (χ1n) is 5.93. The Kier molecular flexibility index (Phi) is 3.67. The summed E-state index contributed by atoms with van der Waals surface area (Å²) in [6, 6.07) is 15.2. The maximum Gasteiger partial charge on any atom is 0.165 e. The Labute approximate surface area is 112 Å². The van der Waals surface area contributed by atoms with Crippen LogP contribution < -0.4 is 10.1 Å². The molecule has 0 fully saturated rings. The number of nitrogens with zero attached hydrogens (tertiary/aromatic N) is 2. The number of hydrogen-bond donors (Lipinski definition) is 1. The maximum absolute atomic E-state index is 9.42. The summed E-state index contributed by atoms with van der Waals surface area (Å²) < 4.78 is 5.11. The second kappa shape index (κ2) is 5.40. The van der Waals surface area contributed by atoms with E-state index < -0.39 is 5.54 Å². The number of ether oxygens (including phenoxy) is 1.